The third kappa shape index (κ3) is 3.03. The summed E-state index contributed by atoms with van der Waals surface area (Å²) in [7, 11) is 0. The SMILES string of the molecule is Cc1cc(C(C)(O)CC(C)C)ccc1F. The first-order valence-corrected chi connectivity index (χ1v) is 5.32. The molecule has 0 spiro atoms. The molecule has 0 fully saturated rings. The highest BCUT2D eigenvalue weighted by molar-refractivity contribution is 5.28. The monoisotopic (exact) mass is 210 g/mol. The van der Waals surface area contributed by atoms with Crippen LogP contribution in [0.3, 0.4) is 0 Å². The van der Waals surface area contributed by atoms with Gasteiger partial charge in [-0.3, -0.25) is 0 Å². The summed E-state index contributed by atoms with van der Waals surface area (Å²) in [5.74, 6) is 0.185. The van der Waals surface area contributed by atoms with E-state index < -0.39 is 5.60 Å². The molecule has 1 atom stereocenters. The van der Waals surface area contributed by atoms with Crippen LogP contribution < -0.4 is 0 Å². The van der Waals surface area contributed by atoms with Crippen molar-refractivity contribution >= 4 is 0 Å². The minimum Gasteiger partial charge on any atom is -0.385 e. The van der Waals surface area contributed by atoms with Gasteiger partial charge in [0.05, 0.1) is 5.60 Å². The van der Waals surface area contributed by atoms with E-state index in [0.717, 1.165) is 5.56 Å². The van der Waals surface area contributed by atoms with Crippen molar-refractivity contribution in [3.8, 4) is 0 Å². The highest BCUT2D eigenvalue weighted by atomic mass is 19.1. The van der Waals surface area contributed by atoms with Crippen molar-refractivity contribution in [2.75, 3.05) is 0 Å². The number of benzene rings is 1. The van der Waals surface area contributed by atoms with Gasteiger partial charge in [-0.2, -0.15) is 0 Å². The van der Waals surface area contributed by atoms with Crippen LogP contribution in [0.2, 0.25) is 0 Å². The Labute approximate surface area is 90.9 Å². The number of aliphatic hydroxyl groups is 1. The summed E-state index contributed by atoms with van der Waals surface area (Å²) < 4.78 is 13.1. The summed E-state index contributed by atoms with van der Waals surface area (Å²) in [5, 5.41) is 10.2. The molecule has 0 saturated heterocycles. The minimum atomic E-state index is -0.868. The molecule has 0 aliphatic rings. The van der Waals surface area contributed by atoms with Crippen molar-refractivity contribution in [1.82, 2.24) is 0 Å². The molecule has 0 aliphatic carbocycles. The van der Waals surface area contributed by atoms with Crippen LogP contribution in [0.25, 0.3) is 0 Å². The normalized spacial score (nSPS) is 15.4. The van der Waals surface area contributed by atoms with Crippen LogP contribution in [0, 0.1) is 18.7 Å². The number of halogens is 1. The van der Waals surface area contributed by atoms with Gasteiger partial charge < -0.3 is 5.11 Å². The van der Waals surface area contributed by atoms with Crippen molar-refractivity contribution in [3.05, 3.63) is 35.1 Å². The highest BCUT2D eigenvalue weighted by Gasteiger charge is 2.24. The van der Waals surface area contributed by atoms with Crippen LogP contribution in [0.15, 0.2) is 18.2 Å². The summed E-state index contributed by atoms with van der Waals surface area (Å²) in [6.07, 6.45) is 0.679. The Hall–Kier alpha value is -0.890. The number of aryl methyl sites for hydroxylation is 1. The van der Waals surface area contributed by atoms with Gasteiger partial charge in [0.25, 0.3) is 0 Å². The van der Waals surface area contributed by atoms with Gasteiger partial charge in [0.2, 0.25) is 0 Å². The van der Waals surface area contributed by atoms with E-state index in [1.807, 2.05) is 0 Å². The number of hydrogen-bond donors (Lipinski definition) is 1. The van der Waals surface area contributed by atoms with Gasteiger partial charge in [0, 0.05) is 0 Å². The maximum atomic E-state index is 13.1. The Morgan fingerprint density at radius 1 is 1.40 bits per heavy atom. The van der Waals surface area contributed by atoms with E-state index >= 15 is 0 Å². The fourth-order valence-electron chi connectivity index (χ4n) is 1.89. The van der Waals surface area contributed by atoms with Gasteiger partial charge in [0.1, 0.15) is 5.82 Å². The summed E-state index contributed by atoms with van der Waals surface area (Å²) in [5.41, 5.74) is 0.499. The van der Waals surface area contributed by atoms with Crippen molar-refractivity contribution in [2.24, 2.45) is 5.92 Å². The average molecular weight is 210 g/mol. The Kier molecular flexibility index (Phi) is 3.50. The molecule has 1 N–H and O–H groups in total. The van der Waals surface area contributed by atoms with Crippen LogP contribution in [0.5, 0.6) is 0 Å². The maximum absolute atomic E-state index is 13.1. The molecular weight excluding hydrogens is 191 g/mol. The summed E-state index contributed by atoms with van der Waals surface area (Å²) in [6.45, 7) is 7.61. The molecule has 1 unspecified atom stereocenters. The Morgan fingerprint density at radius 3 is 2.47 bits per heavy atom. The Bertz CT molecular complexity index is 342. The van der Waals surface area contributed by atoms with Gasteiger partial charge in [0.15, 0.2) is 0 Å². The molecule has 0 amide bonds. The molecule has 0 aliphatic heterocycles. The zero-order valence-corrected chi connectivity index (χ0v) is 9.84. The van der Waals surface area contributed by atoms with E-state index in [0.29, 0.717) is 17.9 Å². The standard InChI is InChI=1S/C13H19FO/c1-9(2)8-13(4,15)11-5-6-12(14)10(3)7-11/h5-7,9,15H,8H2,1-4H3. The lowest BCUT2D eigenvalue weighted by Crippen LogP contribution is -2.23. The molecule has 0 radical (unpaired) electrons. The third-order valence-corrected chi connectivity index (χ3v) is 2.59. The average Bonchev–Trinajstić information content (AvgIpc) is 2.07. The fraction of sp³-hybridized carbons (Fsp3) is 0.538. The summed E-state index contributed by atoms with van der Waals surface area (Å²) >= 11 is 0. The molecule has 1 aromatic carbocycles. The highest BCUT2D eigenvalue weighted by Crippen LogP contribution is 2.29. The predicted octanol–water partition coefficient (Wildman–Crippen LogP) is 3.39. The van der Waals surface area contributed by atoms with Gasteiger partial charge in [-0.1, -0.05) is 26.0 Å². The van der Waals surface area contributed by atoms with Crippen molar-refractivity contribution in [1.29, 1.82) is 0 Å². The van der Waals surface area contributed by atoms with E-state index in [2.05, 4.69) is 13.8 Å². The fourth-order valence-corrected chi connectivity index (χ4v) is 1.89. The zero-order valence-electron chi connectivity index (χ0n) is 9.84. The molecule has 0 saturated carbocycles. The lowest BCUT2D eigenvalue weighted by molar-refractivity contribution is 0.0347. The Morgan fingerprint density at radius 2 is 2.00 bits per heavy atom. The van der Waals surface area contributed by atoms with Crippen LogP contribution in [0.4, 0.5) is 4.39 Å². The predicted molar refractivity (Wildman–Crippen MR) is 60.2 cm³/mol. The van der Waals surface area contributed by atoms with E-state index in [4.69, 9.17) is 0 Å². The molecule has 0 heterocycles. The molecular formula is C13H19FO. The minimum absolute atomic E-state index is 0.223. The molecule has 2 heteroatoms. The number of hydrogen-bond acceptors (Lipinski definition) is 1. The van der Waals surface area contributed by atoms with Gasteiger partial charge in [-0.25, -0.2) is 4.39 Å². The van der Waals surface area contributed by atoms with E-state index in [9.17, 15) is 9.50 Å². The van der Waals surface area contributed by atoms with Crippen LogP contribution in [-0.4, -0.2) is 5.11 Å². The van der Waals surface area contributed by atoms with Crippen molar-refractivity contribution in [2.45, 2.75) is 39.7 Å². The zero-order chi connectivity index (χ0) is 11.6. The van der Waals surface area contributed by atoms with Crippen LogP contribution >= 0.6 is 0 Å². The molecule has 1 aromatic rings. The first-order valence-electron chi connectivity index (χ1n) is 5.32. The Balaban J connectivity index is 2.99. The smallest absolute Gasteiger partial charge is 0.126 e. The summed E-state index contributed by atoms with van der Waals surface area (Å²) in [6, 6.07) is 4.79. The molecule has 1 rings (SSSR count). The van der Waals surface area contributed by atoms with Crippen LogP contribution in [-0.2, 0) is 5.60 Å². The first kappa shape index (κ1) is 12.2. The second kappa shape index (κ2) is 4.31. The molecule has 1 nitrogen and oxygen atoms in total. The molecule has 15 heavy (non-hydrogen) atoms. The molecule has 0 bridgehead atoms. The number of rotatable bonds is 3. The van der Waals surface area contributed by atoms with Gasteiger partial charge >= 0.3 is 0 Å². The topological polar surface area (TPSA) is 20.2 Å². The summed E-state index contributed by atoms with van der Waals surface area (Å²) in [4.78, 5) is 0. The quantitative estimate of drug-likeness (QED) is 0.810. The first-order chi connectivity index (χ1) is 6.83. The largest absolute Gasteiger partial charge is 0.385 e. The van der Waals surface area contributed by atoms with Crippen LogP contribution in [0.1, 0.15) is 38.3 Å². The van der Waals surface area contributed by atoms with Gasteiger partial charge in [-0.15, -0.1) is 0 Å². The van der Waals surface area contributed by atoms with E-state index in [1.54, 1.807) is 26.0 Å². The third-order valence-electron chi connectivity index (χ3n) is 2.59. The van der Waals surface area contributed by atoms with Gasteiger partial charge in [-0.05, 0) is 43.4 Å². The lowest BCUT2D eigenvalue weighted by Gasteiger charge is -2.26. The molecule has 0 aromatic heterocycles. The second-order valence-electron chi connectivity index (χ2n) is 4.84. The maximum Gasteiger partial charge on any atom is 0.126 e. The van der Waals surface area contributed by atoms with E-state index in [1.165, 1.54) is 6.07 Å². The lowest BCUT2D eigenvalue weighted by atomic mass is 9.87. The molecule has 84 valence electrons. The van der Waals surface area contributed by atoms with E-state index in [-0.39, 0.29) is 5.82 Å². The van der Waals surface area contributed by atoms with Crippen molar-refractivity contribution in [3.63, 3.8) is 0 Å². The van der Waals surface area contributed by atoms with Crippen molar-refractivity contribution < 1.29 is 9.50 Å². The second-order valence-corrected chi connectivity index (χ2v) is 4.84.